The lowest BCUT2D eigenvalue weighted by molar-refractivity contribution is 0.0696. The summed E-state index contributed by atoms with van der Waals surface area (Å²) >= 11 is 0. The van der Waals surface area contributed by atoms with Crippen molar-refractivity contribution in [2.24, 2.45) is 0 Å². The number of pyridine rings is 1. The standard InChI is InChI=1S/C13H13N3O2/c1-8-2-5-10(13(17)18)12(14-8)16-7-6-11(15-16)9-3-4-9/h2,5-7,9H,3-4H2,1H3,(H,17,18). The quantitative estimate of drug-likeness (QED) is 0.896. The molecule has 1 aliphatic rings. The van der Waals surface area contributed by atoms with Gasteiger partial charge in [0.1, 0.15) is 5.56 Å². The van der Waals surface area contributed by atoms with Gasteiger partial charge in [-0.2, -0.15) is 5.10 Å². The Kier molecular flexibility index (Phi) is 2.40. The lowest BCUT2D eigenvalue weighted by Gasteiger charge is -2.06. The fourth-order valence-corrected chi connectivity index (χ4v) is 1.94. The van der Waals surface area contributed by atoms with Crippen molar-refractivity contribution in [3.05, 3.63) is 41.3 Å². The Morgan fingerprint density at radius 3 is 2.83 bits per heavy atom. The number of carboxylic acid groups (broad SMARTS) is 1. The van der Waals surface area contributed by atoms with E-state index in [1.807, 2.05) is 13.0 Å². The third-order valence-corrected chi connectivity index (χ3v) is 3.07. The lowest BCUT2D eigenvalue weighted by atomic mass is 10.2. The van der Waals surface area contributed by atoms with Crippen molar-refractivity contribution in [2.75, 3.05) is 0 Å². The van der Waals surface area contributed by atoms with Crippen LogP contribution in [0.25, 0.3) is 5.82 Å². The second kappa shape index (κ2) is 3.94. The molecular weight excluding hydrogens is 230 g/mol. The molecule has 2 aromatic rings. The van der Waals surface area contributed by atoms with Crippen LogP contribution in [0.15, 0.2) is 24.4 Å². The van der Waals surface area contributed by atoms with Crippen LogP contribution in [0, 0.1) is 6.92 Å². The van der Waals surface area contributed by atoms with E-state index < -0.39 is 5.97 Å². The molecule has 1 N–H and O–H groups in total. The number of carboxylic acids is 1. The zero-order valence-electron chi connectivity index (χ0n) is 10.00. The molecule has 5 nitrogen and oxygen atoms in total. The van der Waals surface area contributed by atoms with Gasteiger partial charge in [0, 0.05) is 17.8 Å². The minimum absolute atomic E-state index is 0.172. The van der Waals surface area contributed by atoms with Gasteiger partial charge in [0.25, 0.3) is 0 Å². The molecule has 5 heteroatoms. The van der Waals surface area contributed by atoms with Crippen molar-refractivity contribution < 1.29 is 9.90 Å². The van der Waals surface area contributed by atoms with E-state index in [-0.39, 0.29) is 5.56 Å². The number of aromatic nitrogens is 3. The first kappa shape index (κ1) is 11.0. The maximum absolute atomic E-state index is 11.2. The molecule has 92 valence electrons. The molecule has 0 radical (unpaired) electrons. The summed E-state index contributed by atoms with van der Waals surface area (Å²) in [6, 6.07) is 5.20. The van der Waals surface area contributed by atoms with Gasteiger partial charge >= 0.3 is 5.97 Å². The molecule has 2 aromatic heterocycles. The van der Waals surface area contributed by atoms with Gasteiger partial charge in [-0.1, -0.05) is 0 Å². The molecule has 3 rings (SSSR count). The second-order valence-electron chi connectivity index (χ2n) is 4.59. The molecule has 0 amide bonds. The first-order valence-electron chi connectivity index (χ1n) is 5.92. The van der Waals surface area contributed by atoms with E-state index in [2.05, 4.69) is 10.1 Å². The van der Waals surface area contributed by atoms with Crippen LogP contribution in [0.3, 0.4) is 0 Å². The minimum atomic E-state index is -0.985. The summed E-state index contributed by atoms with van der Waals surface area (Å²) in [6.07, 6.45) is 4.12. The molecule has 0 aromatic carbocycles. The molecule has 2 heterocycles. The summed E-state index contributed by atoms with van der Waals surface area (Å²) in [6.45, 7) is 1.83. The van der Waals surface area contributed by atoms with Gasteiger partial charge in [-0.3, -0.25) is 0 Å². The Labute approximate surface area is 104 Å². The summed E-state index contributed by atoms with van der Waals surface area (Å²) in [4.78, 5) is 15.5. The van der Waals surface area contributed by atoms with E-state index in [0.29, 0.717) is 11.7 Å². The predicted molar refractivity (Wildman–Crippen MR) is 65.0 cm³/mol. The lowest BCUT2D eigenvalue weighted by Crippen LogP contribution is -2.09. The van der Waals surface area contributed by atoms with Crippen molar-refractivity contribution in [2.45, 2.75) is 25.7 Å². The van der Waals surface area contributed by atoms with Gasteiger partial charge in [0.15, 0.2) is 5.82 Å². The summed E-state index contributed by atoms with van der Waals surface area (Å²) < 4.78 is 1.56. The number of hydrogen-bond donors (Lipinski definition) is 1. The molecule has 1 aliphatic carbocycles. The molecule has 0 unspecified atom stereocenters. The number of aryl methyl sites for hydroxylation is 1. The molecule has 0 atom stereocenters. The van der Waals surface area contributed by atoms with Crippen LogP contribution in [0.2, 0.25) is 0 Å². The van der Waals surface area contributed by atoms with Crippen LogP contribution >= 0.6 is 0 Å². The first-order chi connectivity index (χ1) is 8.65. The Morgan fingerprint density at radius 1 is 1.39 bits per heavy atom. The number of carbonyl (C=O) groups is 1. The minimum Gasteiger partial charge on any atom is -0.478 e. The molecule has 1 saturated carbocycles. The smallest absolute Gasteiger partial charge is 0.339 e. The Hall–Kier alpha value is -2.17. The molecule has 0 aliphatic heterocycles. The van der Waals surface area contributed by atoms with Crippen LogP contribution in [-0.2, 0) is 0 Å². The van der Waals surface area contributed by atoms with E-state index in [9.17, 15) is 4.79 Å². The highest BCUT2D eigenvalue weighted by molar-refractivity contribution is 5.91. The fraction of sp³-hybridized carbons (Fsp3) is 0.308. The average molecular weight is 243 g/mol. The van der Waals surface area contributed by atoms with E-state index >= 15 is 0 Å². The summed E-state index contributed by atoms with van der Waals surface area (Å²) in [5, 5.41) is 13.6. The Balaban J connectivity index is 2.07. The van der Waals surface area contributed by atoms with Crippen molar-refractivity contribution in [3.63, 3.8) is 0 Å². The maximum Gasteiger partial charge on any atom is 0.339 e. The van der Waals surface area contributed by atoms with Crippen molar-refractivity contribution in [1.29, 1.82) is 0 Å². The van der Waals surface area contributed by atoms with Crippen LogP contribution < -0.4 is 0 Å². The number of aromatic carboxylic acids is 1. The van der Waals surface area contributed by atoms with Crippen molar-refractivity contribution in [3.8, 4) is 5.82 Å². The first-order valence-corrected chi connectivity index (χ1v) is 5.92. The highest BCUT2D eigenvalue weighted by Gasteiger charge is 2.26. The highest BCUT2D eigenvalue weighted by atomic mass is 16.4. The van der Waals surface area contributed by atoms with Crippen LogP contribution in [0.4, 0.5) is 0 Å². The number of rotatable bonds is 3. The van der Waals surface area contributed by atoms with Gasteiger partial charge in [-0.05, 0) is 38.0 Å². The molecule has 18 heavy (non-hydrogen) atoms. The van der Waals surface area contributed by atoms with E-state index in [4.69, 9.17) is 5.11 Å². The van der Waals surface area contributed by atoms with Gasteiger partial charge < -0.3 is 5.11 Å². The molecule has 0 bridgehead atoms. The zero-order chi connectivity index (χ0) is 12.7. The normalized spacial score (nSPS) is 14.7. The SMILES string of the molecule is Cc1ccc(C(=O)O)c(-n2ccc(C3CC3)n2)n1. The van der Waals surface area contributed by atoms with Gasteiger partial charge in [-0.25, -0.2) is 14.5 Å². The van der Waals surface area contributed by atoms with E-state index in [0.717, 1.165) is 11.4 Å². The Morgan fingerprint density at radius 2 is 2.17 bits per heavy atom. The highest BCUT2D eigenvalue weighted by Crippen LogP contribution is 2.39. The second-order valence-corrected chi connectivity index (χ2v) is 4.59. The average Bonchev–Trinajstić information content (AvgIpc) is 3.07. The van der Waals surface area contributed by atoms with Crippen LogP contribution in [0.1, 0.15) is 40.5 Å². The summed E-state index contributed by atoms with van der Waals surface area (Å²) in [5.74, 6) is -0.0558. The number of nitrogens with zero attached hydrogens (tertiary/aromatic N) is 3. The summed E-state index contributed by atoms with van der Waals surface area (Å²) in [7, 11) is 0. The fourth-order valence-electron chi connectivity index (χ4n) is 1.94. The molecule has 0 saturated heterocycles. The van der Waals surface area contributed by atoms with Crippen molar-refractivity contribution in [1.82, 2.24) is 14.8 Å². The van der Waals surface area contributed by atoms with Crippen LogP contribution in [0.5, 0.6) is 0 Å². The third-order valence-electron chi connectivity index (χ3n) is 3.07. The van der Waals surface area contributed by atoms with Crippen molar-refractivity contribution >= 4 is 5.97 Å². The Bertz CT molecular complexity index is 614. The maximum atomic E-state index is 11.2. The monoisotopic (exact) mass is 243 g/mol. The molecular formula is C13H13N3O2. The number of hydrogen-bond acceptors (Lipinski definition) is 3. The van der Waals surface area contributed by atoms with Gasteiger partial charge in [0.05, 0.1) is 5.69 Å². The summed E-state index contributed by atoms with van der Waals surface area (Å²) in [5.41, 5.74) is 1.97. The van der Waals surface area contributed by atoms with Gasteiger partial charge in [0.2, 0.25) is 0 Å². The third kappa shape index (κ3) is 1.88. The topological polar surface area (TPSA) is 68.0 Å². The molecule has 0 spiro atoms. The van der Waals surface area contributed by atoms with E-state index in [1.165, 1.54) is 12.8 Å². The van der Waals surface area contributed by atoms with Crippen LogP contribution in [-0.4, -0.2) is 25.8 Å². The zero-order valence-corrected chi connectivity index (χ0v) is 10.00. The largest absolute Gasteiger partial charge is 0.478 e. The molecule has 1 fully saturated rings. The van der Waals surface area contributed by atoms with E-state index in [1.54, 1.807) is 23.0 Å². The van der Waals surface area contributed by atoms with Gasteiger partial charge in [-0.15, -0.1) is 0 Å². The predicted octanol–water partition coefficient (Wildman–Crippen LogP) is 2.15.